The monoisotopic (exact) mass is 727 g/mol. The van der Waals surface area contributed by atoms with Gasteiger partial charge in [0.2, 0.25) is 0 Å². The molecule has 0 aliphatic rings. The van der Waals surface area contributed by atoms with Gasteiger partial charge in [-0.3, -0.25) is 4.79 Å². The van der Waals surface area contributed by atoms with Crippen molar-refractivity contribution in [3.63, 3.8) is 0 Å². The molecule has 0 aliphatic carbocycles. The van der Waals surface area contributed by atoms with Gasteiger partial charge in [-0.1, -0.05) is 69.2 Å². The van der Waals surface area contributed by atoms with E-state index in [0.717, 1.165) is 25.7 Å². The van der Waals surface area contributed by atoms with Gasteiger partial charge in [0, 0.05) is 12.0 Å². The van der Waals surface area contributed by atoms with Gasteiger partial charge < -0.3 is 29.4 Å². The lowest BCUT2D eigenvalue weighted by Crippen LogP contribution is -2.43. The minimum Gasteiger partial charge on any atom is -0.463 e. The zero-order valence-corrected chi connectivity index (χ0v) is 33.0. The molecule has 0 aromatic rings. The van der Waals surface area contributed by atoms with Crippen molar-refractivity contribution >= 4 is 28.6 Å². The van der Waals surface area contributed by atoms with Crippen LogP contribution in [0.2, 0.25) is 0 Å². The van der Waals surface area contributed by atoms with Gasteiger partial charge in [0.15, 0.2) is 0 Å². The zero-order chi connectivity index (χ0) is 34.1. The van der Waals surface area contributed by atoms with Gasteiger partial charge in [-0.2, -0.15) is 0 Å². The standard InChI is InChI=1S/C35H70INO6/c1-25(43-26(2)32(10,11)17-19-39-27(3)37)23-33(12,13)35(16,36)42-20-18-34(14,15)41-22-21-40-29(38)28(31(7,8)9)24-30(4,5)6/h25-28H,17-24,37H2,1-16H3. The van der Waals surface area contributed by atoms with E-state index in [2.05, 4.69) is 126 Å². The lowest BCUT2D eigenvalue weighted by atomic mass is 9.72. The van der Waals surface area contributed by atoms with Crippen LogP contribution < -0.4 is 5.73 Å². The molecule has 0 saturated carbocycles. The molecule has 0 bridgehead atoms. The smallest absolute Gasteiger partial charge is 0.309 e. The van der Waals surface area contributed by atoms with Crippen LogP contribution in [0.3, 0.4) is 0 Å². The Morgan fingerprint density at radius 1 is 0.744 bits per heavy atom. The van der Waals surface area contributed by atoms with E-state index >= 15 is 0 Å². The van der Waals surface area contributed by atoms with Gasteiger partial charge in [0.25, 0.3) is 0 Å². The van der Waals surface area contributed by atoms with E-state index in [1.165, 1.54) is 0 Å². The van der Waals surface area contributed by atoms with Crippen molar-refractivity contribution in [1.29, 1.82) is 0 Å². The minimum absolute atomic E-state index is 0.0257. The number of halogens is 1. The van der Waals surface area contributed by atoms with Crippen LogP contribution in [0.4, 0.5) is 0 Å². The van der Waals surface area contributed by atoms with Gasteiger partial charge in [-0.15, -0.1) is 0 Å². The fraction of sp³-hybridized carbons (Fsp3) is 0.971. The van der Waals surface area contributed by atoms with E-state index in [9.17, 15) is 4.79 Å². The molecule has 0 rings (SSSR count). The summed E-state index contributed by atoms with van der Waals surface area (Å²) in [5.74, 6) is -0.289. The van der Waals surface area contributed by atoms with Crippen molar-refractivity contribution in [3.05, 3.63) is 0 Å². The maximum absolute atomic E-state index is 12.9. The Hall–Kier alpha value is -0.000000000000000111. The highest BCUT2D eigenvalue weighted by Crippen LogP contribution is 2.44. The maximum Gasteiger partial charge on any atom is 0.309 e. The van der Waals surface area contributed by atoms with E-state index in [0.29, 0.717) is 19.8 Å². The number of hydrogen-bond acceptors (Lipinski definition) is 7. The molecule has 0 aromatic carbocycles. The van der Waals surface area contributed by atoms with Crippen molar-refractivity contribution in [1.82, 2.24) is 0 Å². The van der Waals surface area contributed by atoms with Crippen molar-refractivity contribution in [2.45, 2.75) is 164 Å². The summed E-state index contributed by atoms with van der Waals surface area (Å²) >= 11 is 2.44. The van der Waals surface area contributed by atoms with E-state index in [1.807, 2.05) is 6.92 Å². The van der Waals surface area contributed by atoms with Crippen molar-refractivity contribution in [2.24, 2.45) is 33.3 Å². The average molecular weight is 728 g/mol. The molecule has 7 nitrogen and oxygen atoms in total. The first-order valence-electron chi connectivity index (χ1n) is 16.3. The molecule has 0 radical (unpaired) electrons. The van der Waals surface area contributed by atoms with Gasteiger partial charge in [-0.05, 0) is 106 Å². The fourth-order valence-electron chi connectivity index (χ4n) is 4.87. The van der Waals surface area contributed by atoms with Gasteiger partial charge in [0.1, 0.15) is 16.4 Å². The molecule has 0 aromatic heterocycles. The Kier molecular flexibility index (Phi) is 17.2. The summed E-state index contributed by atoms with van der Waals surface area (Å²) in [6.45, 7) is 35.9. The lowest BCUT2D eigenvalue weighted by Gasteiger charge is -2.43. The Bertz CT molecular complexity index is 810. The summed E-state index contributed by atoms with van der Waals surface area (Å²) in [6, 6.07) is 0. The number of ether oxygens (including phenoxy) is 5. The highest BCUT2D eigenvalue weighted by molar-refractivity contribution is 14.1. The van der Waals surface area contributed by atoms with Crippen LogP contribution in [0.5, 0.6) is 0 Å². The molecule has 5 atom stereocenters. The van der Waals surface area contributed by atoms with Crippen molar-refractivity contribution < 1.29 is 28.5 Å². The fourth-order valence-corrected chi connectivity index (χ4v) is 5.31. The molecule has 2 N–H and O–H groups in total. The molecule has 8 heteroatoms. The molecule has 0 saturated heterocycles. The van der Waals surface area contributed by atoms with Crippen molar-refractivity contribution in [2.75, 3.05) is 26.4 Å². The number of esters is 1. The first kappa shape index (κ1) is 43.0. The summed E-state index contributed by atoms with van der Waals surface area (Å²) in [5.41, 5.74) is 5.07. The summed E-state index contributed by atoms with van der Waals surface area (Å²) < 4.78 is 29.9. The second kappa shape index (κ2) is 17.2. The number of nitrogens with two attached hydrogens (primary N) is 1. The molecule has 0 amide bonds. The molecule has 0 aliphatic heterocycles. The van der Waals surface area contributed by atoms with Crippen LogP contribution in [0.15, 0.2) is 0 Å². The van der Waals surface area contributed by atoms with Crippen LogP contribution in [0.25, 0.3) is 0 Å². The Labute approximate surface area is 279 Å². The third kappa shape index (κ3) is 17.5. The van der Waals surface area contributed by atoms with Crippen LogP contribution in [-0.2, 0) is 28.5 Å². The molecular formula is C35H70INO6. The van der Waals surface area contributed by atoms with Crippen molar-refractivity contribution in [3.8, 4) is 0 Å². The third-order valence-corrected chi connectivity index (χ3v) is 10.5. The second-order valence-electron chi connectivity index (χ2n) is 17.0. The molecular weight excluding hydrogens is 657 g/mol. The summed E-state index contributed by atoms with van der Waals surface area (Å²) in [5, 5.41) is 0. The Balaban J connectivity index is 4.79. The average Bonchev–Trinajstić information content (AvgIpc) is 2.77. The first-order chi connectivity index (χ1) is 19.1. The Morgan fingerprint density at radius 2 is 1.30 bits per heavy atom. The van der Waals surface area contributed by atoms with E-state index in [-0.39, 0.29) is 58.6 Å². The van der Waals surface area contributed by atoms with Crippen LogP contribution in [0.1, 0.15) is 136 Å². The molecule has 0 fully saturated rings. The molecule has 5 unspecified atom stereocenters. The number of alkyl halides is 1. The number of carbonyl (C=O) groups is 1. The summed E-state index contributed by atoms with van der Waals surface area (Å²) in [4.78, 5) is 12.9. The van der Waals surface area contributed by atoms with Gasteiger partial charge >= 0.3 is 5.97 Å². The molecule has 0 spiro atoms. The van der Waals surface area contributed by atoms with Gasteiger partial charge in [-0.25, -0.2) is 0 Å². The van der Waals surface area contributed by atoms with E-state index in [1.54, 1.807) is 0 Å². The predicted octanol–water partition coefficient (Wildman–Crippen LogP) is 8.93. The normalized spacial score (nSPS) is 18.1. The summed E-state index contributed by atoms with van der Waals surface area (Å²) in [7, 11) is 0. The molecule has 43 heavy (non-hydrogen) atoms. The number of carbonyl (C=O) groups excluding carboxylic acids is 1. The SMILES string of the molecule is CC(N)OCCC(C)(C)C(C)OC(C)CC(C)(C)C(C)(I)OCCC(C)(C)OCCOC(=O)C(CC(C)(C)C)C(C)(C)C. The predicted molar refractivity (Wildman–Crippen MR) is 187 cm³/mol. The highest BCUT2D eigenvalue weighted by Gasteiger charge is 2.42. The highest BCUT2D eigenvalue weighted by atomic mass is 127. The quantitative estimate of drug-likeness (QED) is 0.0441. The topological polar surface area (TPSA) is 89.2 Å². The van der Waals surface area contributed by atoms with Gasteiger partial charge in [0.05, 0.1) is 36.9 Å². The van der Waals surface area contributed by atoms with E-state index in [4.69, 9.17) is 29.4 Å². The largest absolute Gasteiger partial charge is 0.463 e. The zero-order valence-electron chi connectivity index (χ0n) is 30.9. The van der Waals surface area contributed by atoms with Crippen LogP contribution >= 0.6 is 22.6 Å². The maximum atomic E-state index is 12.9. The lowest BCUT2D eigenvalue weighted by molar-refractivity contribution is -0.158. The summed E-state index contributed by atoms with van der Waals surface area (Å²) in [6.07, 6.45) is 3.15. The third-order valence-electron chi connectivity index (χ3n) is 8.71. The van der Waals surface area contributed by atoms with Crippen LogP contribution in [0, 0.1) is 27.6 Å². The number of hydrogen-bond donors (Lipinski definition) is 1. The van der Waals surface area contributed by atoms with E-state index < -0.39 is 9.21 Å². The first-order valence-corrected chi connectivity index (χ1v) is 17.4. The number of rotatable bonds is 20. The second-order valence-corrected chi connectivity index (χ2v) is 19.0. The Morgan fingerprint density at radius 3 is 1.79 bits per heavy atom. The van der Waals surface area contributed by atoms with Crippen LogP contribution in [-0.4, -0.2) is 60.0 Å². The minimum atomic E-state index is -0.402. The molecule has 258 valence electrons. The molecule has 0 heterocycles.